The zero-order valence-electron chi connectivity index (χ0n) is 10.3. The monoisotopic (exact) mass is 204 g/mol. The number of fused-ring (bicyclic) bond motifs is 1. The molecule has 0 radical (unpaired) electrons. The van der Waals surface area contributed by atoms with Crippen LogP contribution in [-0.4, -0.2) is 7.11 Å². The smallest absolute Gasteiger partial charge is 0.0883 e. The quantitative estimate of drug-likeness (QED) is 0.678. The predicted molar refractivity (Wildman–Crippen MR) is 63.0 cm³/mol. The van der Waals surface area contributed by atoms with Gasteiger partial charge in [-0.2, -0.15) is 0 Å². The van der Waals surface area contributed by atoms with Gasteiger partial charge in [0.05, 0.1) is 6.10 Å². The fraction of sp³-hybridized carbons (Fsp3) is 0.571. The molecule has 2 rings (SSSR count). The van der Waals surface area contributed by atoms with Crippen LogP contribution in [0.15, 0.2) is 24.3 Å². The van der Waals surface area contributed by atoms with Gasteiger partial charge in [-0.15, -0.1) is 0 Å². The molecule has 0 fully saturated rings. The zero-order chi connectivity index (χ0) is 11.3. The van der Waals surface area contributed by atoms with E-state index in [1.54, 1.807) is 0 Å². The molecule has 0 aliphatic heterocycles. The molecule has 1 nitrogen and oxygen atoms in total. The minimum absolute atomic E-state index is 0.144. The van der Waals surface area contributed by atoms with Crippen LogP contribution < -0.4 is 0 Å². The molecule has 1 aliphatic rings. The Balaban J connectivity index is 2.65. The van der Waals surface area contributed by atoms with Crippen molar-refractivity contribution in [1.29, 1.82) is 0 Å². The maximum Gasteiger partial charge on any atom is 0.0883 e. The van der Waals surface area contributed by atoms with Crippen LogP contribution in [-0.2, 0) is 10.2 Å². The lowest BCUT2D eigenvalue weighted by molar-refractivity contribution is -0.0139. The van der Waals surface area contributed by atoms with E-state index in [2.05, 4.69) is 52.0 Å². The molecule has 0 N–H and O–H groups in total. The lowest BCUT2D eigenvalue weighted by atomic mass is 9.68. The molecule has 0 saturated heterocycles. The Morgan fingerprint density at radius 1 is 1.07 bits per heavy atom. The summed E-state index contributed by atoms with van der Waals surface area (Å²) in [7, 11) is 1.81. The van der Waals surface area contributed by atoms with Crippen molar-refractivity contribution < 1.29 is 4.74 Å². The zero-order valence-corrected chi connectivity index (χ0v) is 10.3. The third-order valence-electron chi connectivity index (χ3n) is 4.42. The molecule has 1 aliphatic carbocycles. The van der Waals surface area contributed by atoms with Crippen LogP contribution in [0.4, 0.5) is 0 Å². The molecule has 1 aromatic rings. The standard InChI is InChI=1S/C14H20O/c1-13(2)11-9-7-6-8-10(11)12(15-5)14(13,3)4/h6-9,12H,1-5H3/t12-/m0/s1. The SMILES string of the molecule is CO[C@H]1c2ccccc2C(C)(C)C1(C)C. The molecule has 1 atom stereocenters. The Morgan fingerprint density at radius 3 is 2.27 bits per heavy atom. The van der Waals surface area contributed by atoms with Crippen molar-refractivity contribution in [1.82, 2.24) is 0 Å². The van der Waals surface area contributed by atoms with Gasteiger partial charge in [-0.05, 0) is 16.5 Å². The summed E-state index contributed by atoms with van der Waals surface area (Å²) in [5.74, 6) is 0. The first-order valence-corrected chi connectivity index (χ1v) is 5.55. The van der Waals surface area contributed by atoms with Crippen molar-refractivity contribution in [2.45, 2.75) is 39.2 Å². The third-order valence-corrected chi connectivity index (χ3v) is 4.42. The molecular weight excluding hydrogens is 184 g/mol. The largest absolute Gasteiger partial charge is 0.376 e. The van der Waals surface area contributed by atoms with Crippen LogP contribution in [0.1, 0.15) is 44.9 Å². The van der Waals surface area contributed by atoms with Crippen molar-refractivity contribution in [3.8, 4) is 0 Å². The number of hydrogen-bond acceptors (Lipinski definition) is 1. The van der Waals surface area contributed by atoms with Crippen LogP contribution >= 0.6 is 0 Å². The van der Waals surface area contributed by atoms with E-state index in [4.69, 9.17) is 4.74 Å². The van der Waals surface area contributed by atoms with Crippen molar-refractivity contribution in [2.24, 2.45) is 5.41 Å². The molecule has 0 heterocycles. The first-order chi connectivity index (χ1) is 6.93. The molecule has 1 heteroatoms. The highest BCUT2D eigenvalue weighted by molar-refractivity contribution is 5.43. The molecule has 82 valence electrons. The molecule has 0 spiro atoms. The Kier molecular flexibility index (Phi) is 2.20. The molecule has 0 saturated carbocycles. The summed E-state index contributed by atoms with van der Waals surface area (Å²) in [6.45, 7) is 9.21. The predicted octanol–water partition coefficient (Wildman–Crippen LogP) is 3.69. The van der Waals surface area contributed by atoms with Crippen LogP contribution in [0.2, 0.25) is 0 Å². The molecule has 1 aromatic carbocycles. The maximum atomic E-state index is 5.69. The fourth-order valence-corrected chi connectivity index (χ4v) is 2.78. The molecule has 0 bridgehead atoms. The van der Waals surface area contributed by atoms with Gasteiger partial charge in [0.25, 0.3) is 0 Å². The van der Waals surface area contributed by atoms with Crippen molar-refractivity contribution in [2.75, 3.05) is 7.11 Å². The summed E-state index contributed by atoms with van der Waals surface area (Å²) in [5, 5.41) is 0. The van der Waals surface area contributed by atoms with Crippen molar-refractivity contribution >= 4 is 0 Å². The van der Waals surface area contributed by atoms with Crippen LogP contribution in [0.5, 0.6) is 0 Å². The third kappa shape index (κ3) is 1.19. The number of hydrogen-bond donors (Lipinski definition) is 0. The lowest BCUT2D eigenvalue weighted by Gasteiger charge is -2.38. The summed E-state index contributed by atoms with van der Waals surface area (Å²) < 4.78 is 5.69. The molecule has 0 aromatic heterocycles. The number of methoxy groups -OCH3 is 1. The van der Waals surface area contributed by atoms with E-state index >= 15 is 0 Å². The first-order valence-electron chi connectivity index (χ1n) is 5.55. The molecule has 0 unspecified atom stereocenters. The minimum atomic E-state index is 0.144. The highest BCUT2D eigenvalue weighted by atomic mass is 16.5. The normalized spacial score (nSPS) is 26.3. The Bertz CT molecular complexity index is 377. The highest BCUT2D eigenvalue weighted by Gasteiger charge is 2.52. The summed E-state index contributed by atoms with van der Waals surface area (Å²) in [4.78, 5) is 0. The van der Waals surface area contributed by atoms with Crippen LogP contribution in [0.3, 0.4) is 0 Å². The lowest BCUT2D eigenvalue weighted by Crippen LogP contribution is -2.35. The Hall–Kier alpha value is -0.820. The van der Waals surface area contributed by atoms with Gasteiger partial charge >= 0.3 is 0 Å². The van der Waals surface area contributed by atoms with Gasteiger partial charge < -0.3 is 4.74 Å². The molecule has 15 heavy (non-hydrogen) atoms. The van der Waals surface area contributed by atoms with E-state index in [9.17, 15) is 0 Å². The second-order valence-corrected chi connectivity index (χ2v) is 5.55. The van der Waals surface area contributed by atoms with Gasteiger partial charge in [-0.1, -0.05) is 52.0 Å². The summed E-state index contributed by atoms with van der Waals surface area (Å²) in [6.07, 6.45) is 0.212. The summed E-state index contributed by atoms with van der Waals surface area (Å²) in [6, 6.07) is 8.65. The van der Waals surface area contributed by atoms with Gasteiger partial charge in [-0.25, -0.2) is 0 Å². The topological polar surface area (TPSA) is 9.23 Å². The average molecular weight is 204 g/mol. The van der Waals surface area contributed by atoms with E-state index in [0.29, 0.717) is 0 Å². The molecule has 0 amide bonds. The minimum Gasteiger partial charge on any atom is -0.376 e. The van der Waals surface area contributed by atoms with Gasteiger partial charge in [-0.3, -0.25) is 0 Å². The van der Waals surface area contributed by atoms with Gasteiger partial charge in [0, 0.05) is 12.5 Å². The van der Waals surface area contributed by atoms with Gasteiger partial charge in [0.2, 0.25) is 0 Å². The molecular formula is C14H20O. The van der Waals surface area contributed by atoms with E-state index in [-0.39, 0.29) is 16.9 Å². The maximum absolute atomic E-state index is 5.69. The van der Waals surface area contributed by atoms with Gasteiger partial charge in [0.15, 0.2) is 0 Å². The summed E-state index contributed by atoms with van der Waals surface area (Å²) in [5.41, 5.74) is 3.10. The second-order valence-electron chi connectivity index (χ2n) is 5.55. The van der Waals surface area contributed by atoms with E-state index in [1.807, 2.05) is 7.11 Å². The Labute approximate surface area is 92.5 Å². The van der Waals surface area contributed by atoms with Gasteiger partial charge in [0.1, 0.15) is 0 Å². The summed E-state index contributed by atoms with van der Waals surface area (Å²) >= 11 is 0. The number of ether oxygens (including phenoxy) is 1. The van der Waals surface area contributed by atoms with Crippen molar-refractivity contribution in [3.63, 3.8) is 0 Å². The average Bonchev–Trinajstić information content (AvgIpc) is 2.32. The van der Waals surface area contributed by atoms with Crippen LogP contribution in [0, 0.1) is 5.41 Å². The number of rotatable bonds is 1. The van der Waals surface area contributed by atoms with E-state index in [1.165, 1.54) is 11.1 Å². The fourth-order valence-electron chi connectivity index (χ4n) is 2.78. The first kappa shape index (κ1) is 10.7. The Morgan fingerprint density at radius 2 is 1.67 bits per heavy atom. The highest BCUT2D eigenvalue weighted by Crippen LogP contribution is 2.58. The number of benzene rings is 1. The van der Waals surface area contributed by atoms with E-state index in [0.717, 1.165) is 0 Å². The van der Waals surface area contributed by atoms with E-state index < -0.39 is 0 Å². The second kappa shape index (κ2) is 3.08. The van der Waals surface area contributed by atoms with Crippen LogP contribution in [0.25, 0.3) is 0 Å². The van der Waals surface area contributed by atoms with Crippen molar-refractivity contribution in [3.05, 3.63) is 35.4 Å².